The van der Waals surface area contributed by atoms with Crippen LogP contribution in [0.25, 0.3) is 0 Å². The first kappa shape index (κ1) is 35.9. The maximum absolute atomic E-state index is 12.1. The minimum absolute atomic E-state index is 0.108. The van der Waals surface area contributed by atoms with E-state index in [4.69, 9.17) is 14.0 Å². The summed E-state index contributed by atoms with van der Waals surface area (Å²) in [6, 6.07) is 8.20. The highest BCUT2D eigenvalue weighted by Crippen LogP contribution is 2.44. The SMILES string of the molecule is CC(C)(C)OC(=O)N1CCC(CCCc2ccc(CO)cc2)CC1.CC(C)(C)[Si](C)(C)O[Si](C)(C)C(C)(C)C. The first-order valence-electron chi connectivity index (χ1n) is 14.9. The molecule has 1 N–H and O–H groups in total. The zero-order valence-electron chi connectivity index (χ0n) is 27.7. The molecule has 0 aliphatic carbocycles. The fraction of sp³-hybridized carbons (Fsp3) is 0.781. The fourth-order valence-electron chi connectivity index (χ4n) is 4.08. The molecule has 0 spiro atoms. The van der Waals surface area contributed by atoms with Gasteiger partial charge in [-0.25, -0.2) is 4.79 Å². The molecule has 5 nitrogen and oxygen atoms in total. The number of amides is 1. The van der Waals surface area contributed by atoms with Gasteiger partial charge in [0.2, 0.25) is 0 Å². The first-order chi connectivity index (χ1) is 17.6. The number of benzene rings is 1. The van der Waals surface area contributed by atoms with Gasteiger partial charge in [-0.05, 0) is 106 Å². The van der Waals surface area contributed by atoms with Crippen molar-refractivity contribution in [2.75, 3.05) is 13.1 Å². The molecule has 226 valence electrons. The van der Waals surface area contributed by atoms with Crippen molar-refractivity contribution in [3.8, 4) is 0 Å². The second kappa shape index (κ2) is 14.1. The molecule has 0 unspecified atom stereocenters. The maximum atomic E-state index is 12.1. The molecule has 2 rings (SSSR count). The number of carbonyl (C=O) groups excluding carboxylic acids is 1. The molecule has 1 aliphatic heterocycles. The number of hydrogen-bond donors (Lipinski definition) is 1. The summed E-state index contributed by atoms with van der Waals surface area (Å²) in [5.41, 5.74) is 1.88. The lowest BCUT2D eigenvalue weighted by atomic mass is 9.91. The van der Waals surface area contributed by atoms with E-state index < -0.39 is 22.2 Å². The van der Waals surface area contributed by atoms with Gasteiger partial charge in [0.05, 0.1) is 6.61 Å². The summed E-state index contributed by atoms with van der Waals surface area (Å²) < 4.78 is 12.1. The van der Waals surface area contributed by atoms with E-state index in [2.05, 4.69) is 79.9 Å². The van der Waals surface area contributed by atoms with Crippen LogP contribution in [0.2, 0.25) is 36.3 Å². The summed E-state index contributed by atoms with van der Waals surface area (Å²) in [6.07, 6.45) is 5.44. The Labute approximate surface area is 243 Å². The number of nitrogens with zero attached hydrogens (tertiary/aromatic N) is 1. The van der Waals surface area contributed by atoms with Crippen molar-refractivity contribution in [2.24, 2.45) is 5.92 Å². The Kier molecular flexibility index (Phi) is 13.0. The van der Waals surface area contributed by atoms with E-state index >= 15 is 0 Å². The quantitative estimate of drug-likeness (QED) is 0.327. The van der Waals surface area contributed by atoms with E-state index in [1.807, 2.05) is 37.8 Å². The summed E-state index contributed by atoms with van der Waals surface area (Å²) in [5.74, 6) is 0.709. The average Bonchev–Trinajstić information content (AvgIpc) is 2.77. The highest BCUT2D eigenvalue weighted by Gasteiger charge is 2.46. The van der Waals surface area contributed by atoms with Gasteiger partial charge in [0.25, 0.3) is 0 Å². The van der Waals surface area contributed by atoms with Crippen LogP contribution in [0, 0.1) is 5.92 Å². The molecule has 39 heavy (non-hydrogen) atoms. The summed E-state index contributed by atoms with van der Waals surface area (Å²) in [6.45, 7) is 30.7. The number of piperidine rings is 1. The standard InChI is InChI=1S/C20H31NO3.C12H30OSi2/c1-20(2,3)24-19(23)21-13-11-17(12-14-21)6-4-5-16-7-9-18(15-22)10-8-16;1-11(2,3)14(7,8)13-15(9,10)12(4,5)6/h7-10,17,22H,4-6,11-15H2,1-3H3;1-10H3. The maximum Gasteiger partial charge on any atom is 0.410 e. The van der Waals surface area contributed by atoms with Crippen molar-refractivity contribution < 1.29 is 18.8 Å². The number of likely N-dealkylation sites (tertiary alicyclic amines) is 1. The largest absolute Gasteiger partial charge is 0.455 e. The molecule has 1 saturated heterocycles. The van der Waals surface area contributed by atoms with Crippen molar-refractivity contribution in [2.45, 2.75) is 143 Å². The lowest BCUT2D eigenvalue weighted by Gasteiger charge is -2.47. The predicted molar refractivity (Wildman–Crippen MR) is 171 cm³/mol. The highest BCUT2D eigenvalue weighted by atomic mass is 28.4. The second-order valence-corrected chi connectivity index (χ2v) is 25.3. The highest BCUT2D eigenvalue weighted by molar-refractivity contribution is 6.87. The molecule has 1 heterocycles. The van der Waals surface area contributed by atoms with Crippen LogP contribution >= 0.6 is 0 Å². The zero-order chi connectivity index (χ0) is 30.3. The van der Waals surface area contributed by atoms with Crippen LogP contribution in [0.15, 0.2) is 24.3 Å². The Bertz CT molecular complexity index is 845. The van der Waals surface area contributed by atoms with E-state index in [1.54, 1.807) is 0 Å². The normalized spacial score (nSPS) is 16.0. The van der Waals surface area contributed by atoms with Gasteiger partial charge in [0, 0.05) is 13.1 Å². The van der Waals surface area contributed by atoms with Crippen molar-refractivity contribution >= 4 is 22.7 Å². The predicted octanol–water partition coefficient (Wildman–Crippen LogP) is 9.16. The number of aliphatic hydroxyl groups excluding tert-OH is 1. The molecule has 0 saturated carbocycles. The molecule has 1 aromatic carbocycles. The van der Waals surface area contributed by atoms with Crippen LogP contribution in [0.1, 0.15) is 99.1 Å². The molecular formula is C32H61NO4Si2. The van der Waals surface area contributed by atoms with Gasteiger partial charge in [-0.2, -0.15) is 0 Å². The zero-order valence-corrected chi connectivity index (χ0v) is 29.7. The molecule has 0 atom stereocenters. The molecule has 7 heteroatoms. The van der Waals surface area contributed by atoms with Crippen molar-refractivity contribution in [1.29, 1.82) is 0 Å². The first-order valence-corrected chi connectivity index (χ1v) is 20.8. The van der Waals surface area contributed by atoms with Crippen LogP contribution in [0.4, 0.5) is 4.79 Å². The fourth-order valence-corrected chi connectivity index (χ4v) is 11.6. The van der Waals surface area contributed by atoms with Gasteiger partial charge in [-0.3, -0.25) is 0 Å². The number of rotatable bonds is 7. The lowest BCUT2D eigenvalue weighted by molar-refractivity contribution is 0.0180. The van der Waals surface area contributed by atoms with Gasteiger partial charge >= 0.3 is 6.09 Å². The summed E-state index contributed by atoms with van der Waals surface area (Å²) in [7, 11) is -3.18. The summed E-state index contributed by atoms with van der Waals surface area (Å²) >= 11 is 0. The average molecular weight is 580 g/mol. The van der Waals surface area contributed by atoms with E-state index in [0.29, 0.717) is 16.0 Å². The van der Waals surface area contributed by atoms with Gasteiger partial charge in [-0.15, -0.1) is 0 Å². The second-order valence-electron chi connectivity index (χ2n) is 15.4. The van der Waals surface area contributed by atoms with Gasteiger partial charge in [-0.1, -0.05) is 65.8 Å². The van der Waals surface area contributed by atoms with Crippen molar-refractivity contribution in [1.82, 2.24) is 4.90 Å². The van der Waals surface area contributed by atoms with Crippen molar-refractivity contribution in [3.63, 3.8) is 0 Å². The minimum atomic E-state index is -1.59. The number of hydrogen-bond acceptors (Lipinski definition) is 4. The summed E-state index contributed by atoms with van der Waals surface area (Å²) in [5, 5.41) is 9.70. The molecule has 1 aliphatic rings. The van der Waals surface area contributed by atoms with E-state index in [9.17, 15) is 4.79 Å². The van der Waals surface area contributed by atoms with Crippen LogP contribution in [0.3, 0.4) is 0 Å². The van der Waals surface area contributed by atoms with E-state index in [0.717, 1.165) is 37.9 Å². The Hall–Kier alpha value is -1.16. The van der Waals surface area contributed by atoms with Crippen LogP contribution in [-0.2, 0) is 21.9 Å². The molecule has 1 amide bonds. The number of ether oxygens (including phenoxy) is 1. The van der Waals surface area contributed by atoms with Crippen LogP contribution in [0.5, 0.6) is 0 Å². The Morgan fingerprint density at radius 1 is 0.846 bits per heavy atom. The Morgan fingerprint density at radius 2 is 1.28 bits per heavy atom. The third kappa shape index (κ3) is 12.5. The lowest BCUT2D eigenvalue weighted by Crippen LogP contribution is -2.53. The van der Waals surface area contributed by atoms with E-state index in [1.165, 1.54) is 18.4 Å². The molecule has 1 aromatic rings. The molecule has 0 radical (unpaired) electrons. The van der Waals surface area contributed by atoms with Crippen LogP contribution in [-0.4, -0.2) is 51.4 Å². The van der Waals surface area contributed by atoms with Gasteiger partial charge in [0.1, 0.15) is 5.60 Å². The monoisotopic (exact) mass is 579 g/mol. The molecule has 0 bridgehead atoms. The van der Waals surface area contributed by atoms with Gasteiger partial charge < -0.3 is 18.9 Å². The van der Waals surface area contributed by atoms with Gasteiger partial charge in [0.15, 0.2) is 16.6 Å². The van der Waals surface area contributed by atoms with E-state index in [-0.39, 0.29) is 12.7 Å². The smallest absolute Gasteiger partial charge is 0.410 e. The third-order valence-electron chi connectivity index (χ3n) is 8.67. The molecule has 0 aromatic heterocycles. The Balaban J connectivity index is 0.000000439. The summed E-state index contributed by atoms with van der Waals surface area (Å²) in [4.78, 5) is 13.9. The number of aryl methyl sites for hydroxylation is 1. The Morgan fingerprint density at radius 3 is 1.67 bits per heavy atom. The third-order valence-corrected chi connectivity index (χ3v) is 20.0. The topological polar surface area (TPSA) is 59.0 Å². The molecular weight excluding hydrogens is 519 g/mol. The number of carbonyl (C=O) groups is 1. The minimum Gasteiger partial charge on any atom is -0.455 e. The van der Waals surface area contributed by atoms with Crippen molar-refractivity contribution in [3.05, 3.63) is 35.4 Å². The number of aliphatic hydroxyl groups is 1. The molecule has 1 fully saturated rings. The van der Waals surface area contributed by atoms with Crippen LogP contribution < -0.4 is 0 Å².